The zero-order chi connectivity index (χ0) is 26.3. The molecule has 8 heteroatoms. The Kier molecular flexibility index (Phi) is 6.62. The molecule has 192 valence electrons. The van der Waals surface area contributed by atoms with E-state index >= 15 is 0 Å². The number of piperidine rings is 1. The van der Waals surface area contributed by atoms with E-state index in [1.54, 1.807) is 24.0 Å². The van der Waals surface area contributed by atoms with Crippen molar-refractivity contribution in [2.75, 3.05) is 13.1 Å². The smallest absolute Gasteiger partial charge is 0.257 e. The lowest BCUT2D eigenvalue weighted by atomic mass is 9.88. The van der Waals surface area contributed by atoms with Crippen LogP contribution in [-0.4, -0.2) is 36.9 Å². The molecule has 1 amide bonds. The highest BCUT2D eigenvalue weighted by atomic mass is 32.2. The van der Waals surface area contributed by atoms with Crippen LogP contribution in [0.4, 0.5) is 8.78 Å². The maximum atomic E-state index is 14.3. The Labute approximate surface area is 215 Å². The van der Waals surface area contributed by atoms with Crippen molar-refractivity contribution in [3.05, 3.63) is 101 Å². The van der Waals surface area contributed by atoms with Gasteiger partial charge in [-0.05, 0) is 84.8 Å². The molecule has 0 N–H and O–H groups in total. The van der Waals surface area contributed by atoms with Crippen LogP contribution in [0.1, 0.15) is 45.8 Å². The lowest BCUT2D eigenvalue weighted by Crippen LogP contribution is -2.38. The number of aromatic nitrogens is 1. The van der Waals surface area contributed by atoms with E-state index in [-0.39, 0.29) is 28.0 Å². The predicted octanol–water partition coefficient (Wildman–Crippen LogP) is 5.76. The SMILES string of the molecule is Cc1cccc(F)c1C(=O)N1CCC(c2cn(C)c3ccc(CS(=O)(=O)c4ccc(F)cc4)cc23)CC1. The average Bonchev–Trinajstić information content (AvgIpc) is 3.19. The highest BCUT2D eigenvalue weighted by molar-refractivity contribution is 7.90. The summed E-state index contributed by atoms with van der Waals surface area (Å²) in [6.45, 7) is 2.78. The lowest BCUT2D eigenvalue weighted by molar-refractivity contribution is 0.0707. The molecule has 1 aliphatic rings. The van der Waals surface area contributed by atoms with Crippen molar-refractivity contribution >= 4 is 26.6 Å². The molecule has 0 saturated carbocycles. The molecule has 1 fully saturated rings. The molecule has 0 unspecified atom stereocenters. The molecule has 3 aromatic carbocycles. The largest absolute Gasteiger partial charge is 0.350 e. The Morgan fingerprint density at radius 1 is 1.00 bits per heavy atom. The number of sulfone groups is 1. The molecule has 0 spiro atoms. The second-order valence-electron chi connectivity index (χ2n) is 9.76. The van der Waals surface area contributed by atoms with Gasteiger partial charge >= 0.3 is 0 Å². The molecule has 1 saturated heterocycles. The zero-order valence-electron chi connectivity index (χ0n) is 20.7. The van der Waals surface area contributed by atoms with Crippen molar-refractivity contribution in [1.82, 2.24) is 9.47 Å². The van der Waals surface area contributed by atoms with Crippen molar-refractivity contribution in [1.29, 1.82) is 0 Å². The van der Waals surface area contributed by atoms with Gasteiger partial charge in [-0.1, -0.05) is 18.2 Å². The van der Waals surface area contributed by atoms with Gasteiger partial charge in [0.05, 0.1) is 16.2 Å². The Bertz CT molecular complexity index is 1570. The lowest BCUT2D eigenvalue weighted by Gasteiger charge is -2.32. The highest BCUT2D eigenvalue weighted by Gasteiger charge is 2.28. The summed E-state index contributed by atoms with van der Waals surface area (Å²) in [5, 5.41) is 0.990. The third kappa shape index (κ3) is 4.90. The third-order valence-electron chi connectivity index (χ3n) is 7.27. The molecular formula is C29H28F2N2O3S. The van der Waals surface area contributed by atoms with E-state index in [0.29, 0.717) is 24.2 Å². The Hall–Kier alpha value is -3.52. The van der Waals surface area contributed by atoms with Crippen molar-refractivity contribution in [2.24, 2.45) is 7.05 Å². The van der Waals surface area contributed by atoms with Crippen LogP contribution in [0.5, 0.6) is 0 Å². The predicted molar refractivity (Wildman–Crippen MR) is 139 cm³/mol. The number of nitrogens with zero attached hydrogens (tertiary/aromatic N) is 2. The summed E-state index contributed by atoms with van der Waals surface area (Å²) in [4.78, 5) is 14.8. The molecule has 0 bridgehead atoms. The molecule has 0 radical (unpaired) electrons. The van der Waals surface area contributed by atoms with Gasteiger partial charge in [-0.15, -0.1) is 0 Å². The molecule has 1 aliphatic heterocycles. The molecule has 5 nitrogen and oxygen atoms in total. The van der Waals surface area contributed by atoms with Crippen LogP contribution in [0.3, 0.4) is 0 Å². The summed E-state index contributed by atoms with van der Waals surface area (Å²) in [5.41, 5.74) is 3.54. The summed E-state index contributed by atoms with van der Waals surface area (Å²) in [5.74, 6) is -1.24. The fourth-order valence-electron chi connectivity index (χ4n) is 5.28. The topological polar surface area (TPSA) is 59.4 Å². The second-order valence-corrected chi connectivity index (χ2v) is 11.7. The summed E-state index contributed by atoms with van der Waals surface area (Å²) in [6.07, 6.45) is 3.54. The van der Waals surface area contributed by atoms with Gasteiger partial charge in [-0.3, -0.25) is 4.79 Å². The molecule has 37 heavy (non-hydrogen) atoms. The van der Waals surface area contributed by atoms with E-state index in [1.807, 2.05) is 29.8 Å². The van der Waals surface area contributed by atoms with Gasteiger partial charge in [-0.2, -0.15) is 0 Å². The van der Waals surface area contributed by atoms with Gasteiger partial charge in [0, 0.05) is 37.2 Å². The molecule has 5 rings (SSSR count). The van der Waals surface area contributed by atoms with E-state index in [4.69, 9.17) is 0 Å². The van der Waals surface area contributed by atoms with Crippen LogP contribution < -0.4 is 0 Å². The van der Waals surface area contributed by atoms with E-state index in [9.17, 15) is 22.0 Å². The first kappa shape index (κ1) is 25.1. The van der Waals surface area contributed by atoms with Crippen LogP contribution in [0.15, 0.2) is 71.8 Å². The minimum Gasteiger partial charge on any atom is -0.350 e. The standard InChI is InChI=1S/C29H28F2N2O3S/c1-19-4-3-5-26(31)28(19)29(34)33-14-12-21(13-15-33)25-17-32(2)27-11-6-20(16-24(25)27)18-37(35,36)23-9-7-22(30)8-10-23/h3-11,16-17,21H,12-15,18H2,1-2H3. The maximum absolute atomic E-state index is 14.3. The number of fused-ring (bicyclic) bond motifs is 1. The number of amides is 1. The molecule has 0 aliphatic carbocycles. The Morgan fingerprint density at radius 3 is 2.38 bits per heavy atom. The van der Waals surface area contributed by atoms with Crippen molar-refractivity contribution in [3.8, 4) is 0 Å². The third-order valence-corrected chi connectivity index (χ3v) is 8.98. The number of aryl methyl sites for hydroxylation is 2. The number of rotatable bonds is 5. The summed E-state index contributed by atoms with van der Waals surface area (Å²) < 4.78 is 55.5. The van der Waals surface area contributed by atoms with Crippen LogP contribution >= 0.6 is 0 Å². The van der Waals surface area contributed by atoms with Crippen molar-refractivity contribution in [3.63, 3.8) is 0 Å². The molecular weight excluding hydrogens is 494 g/mol. The van der Waals surface area contributed by atoms with Crippen LogP contribution in [0, 0.1) is 18.6 Å². The first-order valence-corrected chi connectivity index (χ1v) is 13.9. The molecule has 0 atom stereocenters. The summed E-state index contributed by atoms with van der Waals surface area (Å²) in [6, 6.07) is 15.2. The first-order chi connectivity index (χ1) is 17.6. The summed E-state index contributed by atoms with van der Waals surface area (Å²) in [7, 11) is -1.67. The first-order valence-electron chi connectivity index (χ1n) is 12.2. The highest BCUT2D eigenvalue weighted by Crippen LogP contribution is 2.35. The Balaban J connectivity index is 1.36. The van der Waals surface area contributed by atoms with E-state index < -0.39 is 21.5 Å². The van der Waals surface area contributed by atoms with Gasteiger partial charge in [-0.25, -0.2) is 17.2 Å². The van der Waals surface area contributed by atoms with Gasteiger partial charge < -0.3 is 9.47 Å². The monoisotopic (exact) mass is 522 g/mol. The minimum absolute atomic E-state index is 0.0874. The van der Waals surface area contributed by atoms with Crippen LogP contribution in [-0.2, 0) is 22.6 Å². The number of benzene rings is 3. The zero-order valence-corrected chi connectivity index (χ0v) is 21.6. The number of carbonyl (C=O) groups excluding carboxylic acids is 1. The number of likely N-dealkylation sites (tertiary alicyclic amines) is 1. The number of hydrogen-bond donors (Lipinski definition) is 0. The van der Waals surface area contributed by atoms with Gasteiger partial charge in [0.2, 0.25) is 0 Å². The fourth-order valence-corrected chi connectivity index (χ4v) is 6.62. The molecule has 2 heterocycles. The quantitative estimate of drug-likeness (QED) is 0.313. The van der Waals surface area contributed by atoms with Crippen molar-refractivity contribution < 1.29 is 22.0 Å². The summed E-state index contributed by atoms with van der Waals surface area (Å²) >= 11 is 0. The fraction of sp³-hybridized carbons (Fsp3) is 0.276. The molecule has 4 aromatic rings. The molecule has 1 aromatic heterocycles. The second kappa shape index (κ2) is 9.74. The minimum atomic E-state index is -3.63. The Morgan fingerprint density at radius 2 is 1.70 bits per heavy atom. The van der Waals surface area contributed by atoms with Crippen LogP contribution in [0.25, 0.3) is 10.9 Å². The van der Waals surface area contributed by atoms with Crippen LogP contribution in [0.2, 0.25) is 0 Å². The van der Waals surface area contributed by atoms with Crippen molar-refractivity contribution in [2.45, 2.75) is 36.3 Å². The van der Waals surface area contributed by atoms with E-state index in [1.165, 1.54) is 18.2 Å². The van der Waals surface area contributed by atoms with E-state index in [2.05, 4.69) is 6.20 Å². The average molecular weight is 523 g/mol. The normalized spacial score (nSPS) is 14.9. The number of carbonyl (C=O) groups is 1. The maximum Gasteiger partial charge on any atom is 0.257 e. The van der Waals surface area contributed by atoms with E-state index in [0.717, 1.165) is 41.4 Å². The number of halogens is 2. The van der Waals surface area contributed by atoms with Gasteiger partial charge in [0.25, 0.3) is 5.91 Å². The van der Waals surface area contributed by atoms with Gasteiger partial charge in [0.15, 0.2) is 9.84 Å². The van der Waals surface area contributed by atoms with Gasteiger partial charge in [0.1, 0.15) is 11.6 Å². The number of hydrogen-bond acceptors (Lipinski definition) is 3.